The molecule has 3 nitrogen and oxygen atoms in total. The fourth-order valence-corrected chi connectivity index (χ4v) is 3.54. The smallest absolute Gasteiger partial charge is 0.141 e. The summed E-state index contributed by atoms with van der Waals surface area (Å²) in [5.74, 6) is 1.94. The molecule has 0 unspecified atom stereocenters. The molecule has 1 aromatic heterocycles. The number of nitrogens with zero attached hydrogens (tertiary/aromatic N) is 2. The van der Waals surface area contributed by atoms with Crippen molar-refractivity contribution in [3.05, 3.63) is 83.4 Å². The molecule has 0 aliphatic carbocycles. The van der Waals surface area contributed by atoms with E-state index in [-0.39, 0.29) is 0 Å². The minimum atomic E-state index is 0.600. The number of ether oxygens (including phenoxy) is 1. The minimum absolute atomic E-state index is 0.600. The summed E-state index contributed by atoms with van der Waals surface area (Å²) < 4.78 is 8.32. The van der Waals surface area contributed by atoms with Gasteiger partial charge in [0.1, 0.15) is 18.2 Å². The third kappa shape index (κ3) is 3.45. The molecule has 0 aliphatic heterocycles. The van der Waals surface area contributed by atoms with Crippen LogP contribution in [-0.4, -0.2) is 16.2 Å². The molecule has 0 spiro atoms. The van der Waals surface area contributed by atoms with Gasteiger partial charge in [0.15, 0.2) is 0 Å². The first kappa shape index (κ1) is 17.3. The summed E-state index contributed by atoms with van der Waals surface area (Å²) in [6.45, 7) is 7.69. The quantitative estimate of drug-likeness (QED) is 0.458. The Balaban J connectivity index is 1.69. The molecule has 1 heterocycles. The van der Waals surface area contributed by atoms with Gasteiger partial charge in [-0.15, -0.1) is 0 Å². The van der Waals surface area contributed by atoms with Gasteiger partial charge >= 0.3 is 0 Å². The predicted octanol–water partition coefficient (Wildman–Crippen LogP) is 5.71. The SMILES string of the molecule is Cc1ccc(-c2nc3ccccc3n2CCOc2ccccc2C)c(C)c1. The van der Waals surface area contributed by atoms with Crippen LogP contribution in [0, 0.1) is 20.8 Å². The van der Waals surface area contributed by atoms with E-state index in [1.165, 1.54) is 16.7 Å². The number of hydrogen-bond donors (Lipinski definition) is 0. The summed E-state index contributed by atoms with van der Waals surface area (Å²) in [4.78, 5) is 4.92. The maximum absolute atomic E-state index is 6.05. The van der Waals surface area contributed by atoms with E-state index in [1.807, 2.05) is 24.3 Å². The van der Waals surface area contributed by atoms with Crippen molar-refractivity contribution in [3.63, 3.8) is 0 Å². The zero-order chi connectivity index (χ0) is 18.8. The maximum Gasteiger partial charge on any atom is 0.141 e. The van der Waals surface area contributed by atoms with Crippen molar-refractivity contribution in [2.45, 2.75) is 27.3 Å². The molecule has 0 fully saturated rings. The van der Waals surface area contributed by atoms with Crippen molar-refractivity contribution in [1.29, 1.82) is 0 Å². The van der Waals surface area contributed by atoms with E-state index < -0.39 is 0 Å². The molecule has 3 heteroatoms. The number of aryl methyl sites for hydroxylation is 3. The highest BCUT2D eigenvalue weighted by Crippen LogP contribution is 2.28. The Kier molecular flexibility index (Phi) is 4.68. The molecular formula is C24H24N2O. The van der Waals surface area contributed by atoms with Crippen molar-refractivity contribution in [2.24, 2.45) is 0 Å². The summed E-state index contributed by atoms with van der Waals surface area (Å²) in [5.41, 5.74) is 6.99. The van der Waals surface area contributed by atoms with E-state index in [0.717, 1.165) is 34.7 Å². The van der Waals surface area contributed by atoms with Crippen LogP contribution in [0.25, 0.3) is 22.4 Å². The molecule has 0 N–H and O–H groups in total. The van der Waals surface area contributed by atoms with Crippen molar-refractivity contribution in [1.82, 2.24) is 9.55 Å². The molecule has 0 radical (unpaired) electrons. The predicted molar refractivity (Wildman–Crippen MR) is 111 cm³/mol. The Morgan fingerprint density at radius 3 is 2.44 bits per heavy atom. The van der Waals surface area contributed by atoms with Crippen LogP contribution >= 0.6 is 0 Å². The van der Waals surface area contributed by atoms with E-state index in [9.17, 15) is 0 Å². The van der Waals surface area contributed by atoms with Crippen LogP contribution in [0.1, 0.15) is 16.7 Å². The van der Waals surface area contributed by atoms with E-state index in [1.54, 1.807) is 0 Å². The molecule has 0 aliphatic rings. The first-order valence-corrected chi connectivity index (χ1v) is 9.35. The summed E-state index contributed by atoms with van der Waals surface area (Å²) >= 11 is 0. The first-order chi connectivity index (χ1) is 13.1. The van der Waals surface area contributed by atoms with Crippen LogP contribution in [0.4, 0.5) is 0 Å². The molecule has 27 heavy (non-hydrogen) atoms. The second-order valence-corrected chi connectivity index (χ2v) is 7.01. The number of aromatic nitrogens is 2. The number of hydrogen-bond acceptors (Lipinski definition) is 2. The van der Waals surface area contributed by atoms with E-state index >= 15 is 0 Å². The molecule has 0 atom stereocenters. The molecule has 3 aromatic carbocycles. The van der Waals surface area contributed by atoms with Gasteiger partial charge in [-0.25, -0.2) is 4.98 Å². The van der Waals surface area contributed by atoms with Gasteiger partial charge in [0.05, 0.1) is 17.6 Å². The van der Waals surface area contributed by atoms with Gasteiger partial charge in [-0.2, -0.15) is 0 Å². The third-order valence-electron chi connectivity index (χ3n) is 4.94. The maximum atomic E-state index is 6.05. The van der Waals surface area contributed by atoms with Gasteiger partial charge in [0.2, 0.25) is 0 Å². The fraction of sp³-hybridized carbons (Fsp3) is 0.208. The molecule has 4 aromatic rings. The topological polar surface area (TPSA) is 27.1 Å². The van der Waals surface area contributed by atoms with Crippen LogP contribution in [0.2, 0.25) is 0 Å². The highest BCUT2D eigenvalue weighted by atomic mass is 16.5. The lowest BCUT2D eigenvalue weighted by Gasteiger charge is -2.13. The number of para-hydroxylation sites is 3. The largest absolute Gasteiger partial charge is 0.491 e. The lowest BCUT2D eigenvalue weighted by atomic mass is 10.1. The molecule has 0 bridgehead atoms. The van der Waals surface area contributed by atoms with Crippen LogP contribution in [0.5, 0.6) is 5.75 Å². The molecular weight excluding hydrogens is 332 g/mol. The van der Waals surface area contributed by atoms with Gasteiger partial charge in [0.25, 0.3) is 0 Å². The van der Waals surface area contributed by atoms with E-state index in [0.29, 0.717) is 6.61 Å². The van der Waals surface area contributed by atoms with Crippen LogP contribution in [-0.2, 0) is 6.54 Å². The Hall–Kier alpha value is -3.07. The summed E-state index contributed by atoms with van der Waals surface area (Å²) in [7, 11) is 0. The van der Waals surface area contributed by atoms with Gasteiger partial charge in [0, 0.05) is 5.56 Å². The van der Waals surface area contributed by atoms with Crippen molar-refractivity contribution < 1.29 is 4.74 Å². The summed E-state index contributed by atoms with van der Waals surface area (Å²) in [6, 6.07) is 23.0. The fourth-order valence-electron chi connectivity index (χ4n) is 3.54. The highest BCUT2D eigenvalue weighted by molar-refractivity contribution is 5.81. The molecule has 0 saturated heterocycles. The first-order valence-electron chi connectivity index (χ1n) is 9.35. The molecule has 0 amide bonds. The normalized spacial score (nSPS) is 11.1. The van der Waals surface area contributed by atoms with Gasteiger partial charge in [-0.3, -0.25) is 0 Å². The summed E-state index contributed by atoms with van der Waals surface area (Å²) in [5, 5.41) is 0. The number of fused-ring (bicyclic) bond motifs is 1. The van der Waals surface area contributed by atoms with Crippen LogP contribution in [0.15, 0.2) is 66.7 Å². The molecule has 0 saturated carbocycles. The van der Waals surface area contributed by atoms with Crippen LogP contribution < -0.4 is 4.74 Å². The monoisotopic (exact) mass is 356 g/mol. The van der Waals surface area contributed by atoms with Crippen molar-refractivity contribution >= 4 is 11.0 Å². The average molecular weight is 356 g/mol. The Morgan fingerprint density at radius 1 is 0.852 bits per heavy atom. The average Bonchev–Trinajstić information content (AvgIpc) is 3.02. The van der Waals surface area contributed by atoms with E-state index in [2.05, 4.69) is 67.8 Å². The number of imidazole rings is 1. The van der Waals surface area contributed by atoms with Crippen molar-refractivity contribution in [2.75, 3.05) is 6.61 Å². The second-order valence-electron chi connectivity index (χ2n) is 7.01. The molecule has 136 valence electrons. The summed E-state index contributed by atoms with van der Waals surface area (Å²) in [6.07, 6.45) is 0. The zero-order valence-electron chi connectivity index (χ0n) is 16.1. The third-order valence-corrected chi connectivity index (χ3v) is 4.94. The standard InChI is InChI=1S/C24H24N2O/c1-17-12-13-20(19(3)16-17)24-25-21-9-5-6-10-22(21)26(24)14-15-27-23-11-7-4-8-18(23)2/h4-13,16H,14-15H2,1-3H3. The number of rotatable bonds is 5. The zero-order valence-corrected chi connectivity index (χ0v) is 16.1. The van der Waals surface area contributed by atoms with Gasteiger partial charge < -0.3 is 9.30 Å². The number of benzene rings is 3. The lowest BCUT2D eigenvalue weighted by molar-refractivity contribution is 0.299. The van der Waals surface area contributed by atoms with E-state index in [4.69, 9.17) is 9.72 Å². The molecule has 4 rings (SSSR count). The minimum Gasteiger partial charge on any atom is -0.491 e. The Morgan fingerprint density at radius 2 is 1.63 bits per heavy atom. The highest BCUT2D eigenvalue weighted by Gasteiger charge is 2.14. The van der Waals surface area contributed by atoms with Crippen LogP contribution in [0.3, 0.4) is 0 Å². The second kappa shape index (κ2) is 7.28. The van der Waals surface area contributed by atoms with Gasteiger partial charge in [-0.05, 0) is 50.1 Å². The van der Waals surface area contributed by atoms with Crippen molar-refractivity contribution in [3.8, 4) is 17.1 Å². The van der Waals surface area contributed by atoms with Gasteiger partial charge in [-0.1, -0.05) is 54.1 Å². The lowest BCUT2D eigenvalue weighted by Crippen LogP contribution is -2.10. The Bertz CT molecular complexity index is 1090. The Labute approximate surface area is 160 Å².